The van der Waals surface area contributed by atoms with Gasteiger partial charge in [0, 0.05) is 54.9 Å². The van der Waals surface area contributed by atoms with Gasteiger partial charge in [-0.15, -0.1) is 0 Å². The summed E-state index contributed by atoms with van der Waals surface area (Å²) in [4.78, 5) is 30.6. The number of carbonyl (C=O) groups excluding carboxylic acids is 1. The minimum Gasteiger partial charge on any atom is -0.478 e. The molecule has 0 radical (unpaired) electrons. The van der Waals surface area contributed by atoms with Gasteiger partial charge in [-0.05, 0) is 60.6 Å². The molecule has 2 aliphatic heterocycles. The van der Waals surface area contributed by atoms with Gasteiger partial charge in [0.2, 0.25) is 5.91 Å². The number of rotatable bonds is 4. The third-order valence-corrected chi connectivity index (χ3v) is 9.57. The quantitative estimate of drug-likeness (QED) is 0.314. The van der Waals surface area contributed by atoms with Gasteiger partial charge in [-0.2, -0.15) is 0 Å². The molecular formula is C35H37N3O3. The maximum Gasteiger partial charge on any atom is 0.335 e. The zero-order valence-electron chi connectivity index (χ0n) is 23.5. The predicted molar refractivity (Wildman–Crippen MR) is 163 cm³/mol. The summed E-state index contributed by atoms with van der Waals surface area (Å²) in [6.45, 7) is 3.63. The molecule has 6 nitrogen and oxygen atoms in total. The maximum atomic E-state index is 14.2. The highest BCUT2D eigenvalue weighted by Gasteiger charge is 2.35. The number of piperazine rings is 1. The van der Waals surface area contributed by atoms with Crippen molar-refractivity contribution in [3.8, 4) is 11.3 Å². The van der Waals surface area contributed by atoms with Crippen molar-refractivity contribution >= 4 is 28.5 Å². The predicted octanol–water partition coefficient (Wildman–Crippen LogP) is 6.58. The first-order valence-corrected chi connectivity index (χ1v) is 15.1. The minimum absolute atomic E-state index is 0.204. The van der Waals surface area contributed by atoms with E-state index in [4.69, 9.17) is 0 Å². The van der Waals surface area contributed by atoms with Crippen molar-refractivity contribution in [3.05, 3.63) is 89.5 Å². The summed E-state index contributed by atoms with van der Waals surface area (Å²) in [5.41, 5.74) is 7.42. The molecule has 0 bridgehead atoms. The number of aromatic carboxylic acids is 1. The number of carbonyl (C=O) groups is 2. The monoisotopic (exact) mass is 547 g/mol. The molecule has 7 rings (SSSR count). The van der Waals surface area contributed by atoms with E-state index in [0.29, 0.717) is 37.5 Å². The van der Waals surface area contributed by atoms with Crippen LogP contribution in [0.2, 0.25) is 0 Å². The second kappa shape index (κ2) is 10.7. The Hall–Kier alpha value is -4.06. The molecule has 1 saturated carbocycles. The number of fused-ring (bicyclic) bond motifs is 5. The van der Waals surface area contributed by atoms with Crippen LogP contribution in [-0.2, 0) is 17.8 Å². The lowest BCUT2D eigenvalue weighted by Crippen LogP contribution is -2.51. The summed E-state index contributed by atoms with van der Waals surface area (Å²) >= 11 is 0. The zero-order valence-corrected chi connectivity index (χ0v) is 23.5. The van der Waals surface area contributed by atoms with E-state index >= 15 is 0 Å². The van der Waals surface area contributed by atoms with Crippen LogP contribution in [0.3, 0.4) is 0 Å². The van der Waals surface area contributed by atoms with Crippen LogP contribution in [0.15, 0.2) is 72.8 Å². The molecule has 1 amide bonds. The van der Waals surface area contributed by atoms with E-state index in [-0.39, 0.29) is 11.8 Å². The van der Waals surface area contributed by atoms with Crippen molar-refractivity contribution in [3.63, 3.8) is 0 Å². The largest absolute Gasteiger partial charge is 0.478 e. The molecule has 0 spiro atoms. The van der Waals surface area contributed by atoms with Gasteiger partial charge in [0.15, 0.2) is 0 Å². The lowest BCUT2D eigenvalue weighted by atomic mass is 9.81. The first kappa shape index (κ1) is 25.9. The van der Waals surface area contributed by atoms with Crippen LogP contribution in [0.5, 0.6) is 0 Å². The van der Waals surface area contributed by atoms with E-state index < -0.39 is 5.97 Å². The molecule has 1 aliphatic carbocycles. The summed E-state index contributed by atoms with van der Waals surface area (Å²) in [7, 11) is 0. The summed E-state index contributed by atoms with van der Waals surface area (Å²) in [5, 5.41) is 11.0. The Morgan fingerprint density at radius 2 is 1.54 bits per heavy atom. The molecule has 1 unspecified atom stereocenters. The summed E-state index contributed by atoms with van der Waals surface area (Å²) < 4.78 is 2.31. The highest BCUT2D eigenvalue weighted by molar-refractivity contribution is 5.99. The van der Waals surface area contributed by atoms with Crippen molar-refractivity contribution in [2.24, 2.45) is 5.92 Å². The molecule has 3 aliphatic rings. The lowest BCUT2D eigenvalue weighted by molar-refractivity contribution is -0.136. The van der Waals surface area contributed by atoms with E-state index in [1.807, 2.05) is 23.1 Å². The number of carboxylic acids is 1. The number of carboxylic acid groups (broad SMARTS) is 1. The smallest absolute Gasteiger partial charge is 0.335 e. The fourth-order valence-electron chi connectivity index (χ4n) is 7.52. The third-order valence-electron chi connectivity index (χ3n) is 9.57. The molecule has 210 valence electrons. The van der Waals surface area contributed by atoms with E-state index in [9.17, 15) is 14.7 Å². The van der Waals surface area contributed by atoms with Gasteiger partial charge < -0.3 is 19.5 Å². The molecule has 2 fully saturated rings. The molecule has 6 heteroatoms. The molecule has 1 N–H and O–H groups in total. The first-order chi connectivity index (χ1) is 20.1. The van der Waals surface area contributed by atoms with Crippen molar-refractivity contribution in [2.75, 3.05) is 31.1 Å². The number of hydrogen-bond donors (Lipinski definition) is 1. The highest BCUT2D eigenvalue weighted by Crippen LogP contribution is 2.46. The van der Waals surface area contributed by atoms with Crippen LogP contribution in [-0.4, -0.2) is 52.6 Å². The Morgan fingerprint density at radius 1 is 0.805 bits per heavy atom. The maximum absolute atomic E-state index is 14.2. The summed E-state index contributed by atoms with van der Waals surface area (Å²) in [6, 6.07) is 24.6. The average molecular weight is 548 g/mol. The summed E-state index contributed by atoms with van der Waals surface area (Å²) in [5.74, 6) is -0.469. The summed E-state index contributed by atoms with van der Waals surface area (Å²) in [6.07, 6.45) is 6.73. The van der Waals surface area contributed by atoms with Crippen LogP contribution in [0.4, 0.5) is 5.69 Å². The zero-order chi connectivity index (χ0) is 27.9. The first-order valence-electron chi connectivity index (χ1n) is 15.1. The van der Waals surface area contributed by atoms with Crippen LogP contribution in [0.25, 0.3) is 22.2 Å². The lowest BCUT2D eigenvalue weighted by Gasteiger charge is -2.37. The second-order valence-corrected chi connectivity index (χ2v) is 12.0. The van der Waals surface area contributed by atoms with Crippen LogP contribution < -0.4 is 4.90 Å². The van der Waals surface area contributed by atoms with Gasteiger partial charge in [0.1, 0.15) is 0 Å². The average Bonchev–Trinajstić information content (AvgIpc) is 3.24. The highest BCUT2D eigenvalue weighted by atomic mass is 16.4. The van der Waals surface area contributed by atoms with Crippen molar-refractivity contribution in [2.45, 2.75) is 51.0 Å². The Balaban J connectivity index is 1.28. The number of benzene rings is 3. The number of anilines is 1. The number of amides is 1. The Kier molecular flexibility index (Phi) is 6.77. The van der Waals surface area contributed by atoms with Crippen molar-refractivity contribution in [1.29, 1.82) is 0 Å². The van der Waals surface area contributed by atoms with Gasteiger partial charge in [0.05, 0.1) is 17.2 Å². The van der Waals surface area contributed by atoms with Gasteiger partial charge in [0.25, 0.3) is 0 Å². The van der Waals surface area contributed by atoms with Gasteiger partial charge in [-0.25, -0.2) is 4.79 Å². The van der Waals surface area contributed by atoms with E-state index in [0.717, 1.165) is 36.8 Å². The normalized spacial score (nSPS) is 19.5. The molecule has 1 atom stereocenters. The van der Waals surface area contributed by atoms with Gasteiger partial charge in [-0.1, -0.05) is 67.8 Å². The topological polar surface area (TPSA) is 65.8 Å². The molecule has 4 aromatic rings. The standard InChI is InChI=1S/C35H37N3O3/c39-34(37-19-17-36(18-20-37)28-12-5-2-6-13-28)27-21-25-11-7-8-14-29(25)33-32(24-9-3-1-4-10-24)30-16-15-26(35(40)41)22-31(30)38(33)23-27/h2,5-8,11-16,22,24,27H,1,3-4,9-10,17-21,23H2,(H,40,41). The number of para-hydroxylation sites is 1. The molecule has 41 heavy (non-hydrogen) atoms. The van der Waals surface area contributed by atoms with Gasteiger partial charge >= 0.3 is 5.97 Å². The molecule has 3 aromatic carbocycles. The molecule has 1 saturated heterocycles. The SMILES string of the molecule is O=C(O)c1ccc2c(C3CCCCC3)c3n(c2c1)CC(C(=O)N1CCN(c2ccccc2)CC1)Cc1ccccc1-3. The Morgan fingerprint density at radius 3 is 2.29 bits per heavy atom. The van der Waals surface area contributed by atoms with Crippen LogP contribution in [0, 0.1) is 5.92 Å². The Bertz CT molecular complexity index is 1590. The molecule has 3 heterocycles. The van der Waals surface area contributed by atoms with Crippen molar-refractivity contribution in [1.82, 2.24) is 9.47 Å². The second-order valence-electron chi connectivity index (χ2n) is 12.0. The molecular weight excluding hydrogens is 510 g/mol. The minimum atomic E-state index is -0.917. The molecule has 1 aromatic heterocycles. The van der Waals surface area contributed by atoms with E-state index in [1.54, 1.807) is 6.07 Å². The third kappa shape index (κ3) is 4.69. The van der Waals surface area contributed by atoms with E-state index in [1.165, 1.54) is 47.3 Å². The fraction of sp³-hybridized carbons (Fsp3) is 0.371. The Labute approximate surface area is 241 Å². The number of nitrogens with zero attached hydrogens (tertiary/aromatic N) is 3. The van der Waals surface area contributed by atoms with Crippen LogP contribution >= 0.6 is 0 Å². The van der Waals surface area contributed by atoms with E-state index in [2.05, 4.69) is 58.0 Å². The van der Waals surface area contributed by atoms with Crippen LogP contribution in [0.1, 0.15) is 59.5 Å². The number of hydrogen-bond acceptors (Lipinski definition) is 3. The number of aromatic nitrogens is 1. The van der Waals surface area contributed by atoms with Crippen molar-refractivity contribution < 1.29 is 14.7 Å². The van der Waals surface area contributed by atoms with Gasteiger partial charge in [-0.3, -0.25) is 4.79 Å². The fourth-order valence-corrected chi connectivity index (χ4v) is 7.52.